The fraction of sp³-hybridized carbons (Fsp3) is 0.444. The van der Waals surface area contributed by atoms with Crippen molar-refractivity contribution < 1.29 is 14.1 Å². The smallest absolute Gasteiger partial charge is 0.315 e. The quantitative estimate of drug-likeness (QED) is 0.763. The Morgan fingerprint density at radius 2 is 2.17 bits per heavy atom. The van der Waals surface area contributed by atoms with Gasteiger partial charge in [0.1, 0.15) is 11.5 Å². The number of carbonyl (C=O) groups excluding carboxylic acids is 1. The zero-order valence-electron chi connectivity index (χ0n) is 14.7. The SMILES string of the molecule is COc1cccc(CCCNC(=O)NC(C)c2c(C)noc2C)c1. The van der Waals surface area contributed by atoms with E-state index in [4.69, 9.17) is 9.26 Å². The minimum absolute atomic E-state index is 0.144. The predicted octanol–water partition coefficient (Wildman–Crippen LogP) is 3.29. The summed E-state index contributed by atoms with van der Waals surface area (Å²) in [5, 5.41) is 9.70. The number of urea groups is 1. The van der Waals surface area contributed by atoms with Crippen molar-refractivity contribution in [1.82, 2.24) is 15.8 Å². The van der Waals surface area contributed by atoms with Crippen molar-refractivity contribution in [3.63, 3.8) is 0 Å². The lowest BCUT2D eigenvalue weighted by Crippen LogP contribution is -2.37. The third-order valence-corrected chi connectivity index (χ3v) is 3.93. The Morgan fingerprint density at radius 3 is 2.83 bits per heavy atom. The number of methoxy groups -OCH3 is 1. The van der Waals surface area contributed by atoms with Crippen molar-refractivity contribution in [3.05, 3.63) is 46.8 Å². The average Bonchev–Trinajstić information content (AvgIpc) is 2.90. The number of nitrogens with one attached hydrogen (secondary N) is 2. The van der Waals surface area contributed by atoms with Gasteiger partial charge in [0.25, 0.3) is 0 Å². The molecule has 0 aliphatic carbocycles. The fourth-order valence-electron chi connectivity index (χ4n) is 2.75. The highest BCUT2D eigenvalue weighted by molar-refractivity contribution is 5.74. The third kappa shape index (κ3) is 4.75. The molecule has 24 heavy (non-hydrogen) atoms. The first-order valence-electron chi connectivity index (χ1n) is 8.11. The number of ether oxygens (including phenoxy) is 1. The van der Waals surface area contributed by atoms with Crippen LogP contribution in [0.4, 0.5) is 4.79 Å². The molecule has 0 bridgehead atoms. The number of hydrogen-bond acceptors (Lipinski definition) is 4. The van der Waals surface area contributed by atoms with Crippen molar-refractivity contribution in [3.8, 4) is 5.75 Å². The lowest BCUT2D eigenvalue weighted by Gasteiger charge is -2.14. The van der Waals surface area contributed by atoms with Crippen molar-refractivity contribution >= 4 is 6.03 Å². The topological polar surface area (TPSA) is 76.4 Å². The van der Waals surface area contributed by atoms with Crippen LogP contribution in [0.5, 0.6) is 5.75 Å². The molecule has 1 unspecified atom stereocenters. The number of carbonyl (C=O) groups is 1. The monoisotopic (exact) mass is 331 g/mol. The molecule has 0 radical (unpaired) electrons. The maximum absolute atomic E-state index is 12.0. The molecule has 2 rings (SSSR count). The zero-order valence-corrected chi connectivity index (χ0v) is 14.7. The van der Waals surface area contributed by atoms with Crippen molar-refractivity contribution in [2.24, 2.45) is 0 Å². The first-order chi connectivity index (χ1) is 11.5. The summed E-state index contributed by atoms with van der Waals surface area (Å²) in [6, 6.07) is 7.63. The van der Waals surface area contributed by atoms with Crippen LogP contribution < -0.4 is 15.4 Å². The summed E-state index contributed by atoms with van der Waals surface area (Å²) in [5.41, 5.74) is 2.93. The van der Waals surface area contributed by atoms with Crippen LogP contribution in [0.15, 0.2) is 28.8 Å². The summed E-state index contributed by atoms with van der Waals surface area (Å²) in [6.07, 6.45) is 1.75. The number of hydrogen-bond donors (Lipinski definition) is 2. The van der Waals surface area contributed by atoms with Gasteiger partial charge >= 0.3 is 6.03 Å². The summed E-state index contributed by atoms with van der Waals surface area (Å²) in [4.78, 5) is 12.0. The summed E-state index contributed by atoms with van der Waals surface area (Å²) >= 11 is 0. The molecule has 0 aliphatic rings. The molecule has 0 fully saturated rings. The average molecular weight is 331 g/mol. The van der Waals surface area contributed by atoms with E-state index in [1.165, 1.54) is 5.56 Å². The molecule has 1 aromatic carbocycles. The van der Waals surface area contributed by atoms with Gasteiger partial charge in [0.15, 0.2) is 0 Å². The second-order valence-electron chi connectivity index (χ2n) is 5.81. The van der Waals surface area contributed by atoms with Crippen molar-refractivity contribution in [2.75, 3.05) is 13.7 Å². The van der Waals surface area contributed by atoms with Crippen LogP contribution in [-0.4, -0.2) is 24.8 Å². The number of rotatable bonds is 7. The molecule has 0 saturated carbocycles. The summed E-state index contributed by atoms with van der Waals surface area (Å²) in [5.74, 6) is 1.59. The van der Waals surface area contributed by atoms with Crippen LogP contribution in [0.2, 0.25) is 0 Å². The molecule has 6 heteroatoms. The van der Waals surface area contributed by atoms with Crippen molar-refractivity contribution in [2.45, 2.75) is 39.7 Å². The Labute approximate surface area is 142 Å². The van der Waals surface area contributed by atoms with Gasteiger partial charge in [-0.2, -0.15) is 0 Å². The van der Waals surface area contributed by atoms with E-state index >= 15 is 0 Å². The second-order valence-corrected chi connectivity index (χ2v) is 5.81. The molecule has 0 saturated heterocycles. The first-order valence-corrected chi connectivity index (χ1v) is 8.11. The van der Waals surface area contributed by atoms with Crippen LogP contribution in [0.3, 0.4) is 0 Å². The van der Waals surface area contributed by atoms with E-state index in [1.807, 2.05) is 39.0 Å². The van der Waals surface area contributed by atoms with Crippen molar-refractivity contribution in [1.29, 1.82) is 0 Å². The van der Waals surface area contributed by atoms with Gasteiger partial charge in [0, 0.05) is 12.1 Å². The van der Waals surface area contributed by atoms with Gasteiger partial charge in [-0.15, -0.1) is 0 Å². The highest BCUT2D eigenvalue weighted by Crippen LogP contribution is 2.20. The van der Waals surface area contributed by atoms with E-state index in [0.29, 0.717) is 6.54 Å². The van der Waals surface area contributed by atoms with E-state index < -0.39 is 0 Å². The molecule has 6 nitrogen and oxygen atoms in total. The molecule has 2 amide bonds. The number of nitrogens with zero attached hydrogens (tertiary/aromatic N) is 1. The third-order valence-electron chi connectivity index (χ3n) is 3.93. The molecule has 1 aromatic heterocycles. The maximum atomic E-state index is 12.0. The number of amides is 2. The van der Waals surface area contributed by atoms with Crippen LogP contribution in [0, 0.1) is 13.8 Å². The lowest BCUT2D eigenvalue weighted by atomic mass is 10.1. The van der Waals surface area contributed by atoms with Crippen LogP contribution in [0.25, 0.3) is 0 Å². The highest BCUT2D eigenvalue weighted by atomic mass is 16.5. The predicted molar refractivity (Wildman–Crippen MR) is 92.2 cm³/mol. The Bertz CT molecular complexity index is 662. The van der Waals surface area contributed by atoms with E-state index in [0.717, 1.165) is 35.6 Å². The summed E-state index contributed by atoms with van der Waals surface area (Å²) < 4.78 is 10.3. The standard InChI is InChI=1S/C18H25N3O3/c1-12(17-13(2)21-24-14(17)3)20-18(22)19-10-6-8-15-7-5-9-16(11-15)23-4/h5,7,9,11-12H,6,8,10H2,1-4H3,(H2,19,20,22). The molecule has 1 atom stereocenters. The Balaban J connectivity index is 1.73. The van der Waals surface area contributed by atoms with E-state index in [-0.39, 0.29) is 12.1 Å². The molecular weight excluding hydrogens is 306 g/mol. The van der Waals surface area contributed by atoms with Gasteiger partial charge in [0.05, 0.1) is 18.8 Å². The van der Waals surface area contributed by atoms with Gasteiger partial charge in [-0.05, 0) is 51.3 Å². The summed E-state index contributed by atoms with van der Waals surface area (Å²) in [6.45, 7) is 6.25. The maximum Gasteiger partial charge on any atom is 0.315 e. The molecule has 0 aliphatic heterocycles. The van der Waals surface area contributed by atoms with Gasteiger partial charge in [-0.25, -0.2) is 4.79 Å². The lowest BCUT2D eigenvalue weighted by molar-refractivity contribution is 0.237. The van der Waals surface area contributed by atoms with Gasteiger partial charge in [0.2, 0.25) is 0 Å². The number of aryl methyl sites for hydroxylation is 3. The Hall–Kier alpha value is -2.50. The fourth-order valence-corrected chi connectivity index (χ4v) is 2.75. The van der Waals surface area contributed by atoms with Crippen LogP contribution >= 0.6 is 0 Å². The van der Waals surface area contributed by atoms with Crippen LogP contribution in [0.1, 0.15) is 42.0 Å². The first kappa shape index (κ1) is 17.8. The molecule has 1 heterocycles. The molecular formula is C18H25N3O3. The molecule has 2 N–H and O–H groups in total. The summed E-state index contributed by atoms with van der Waals surface area (Å²) in [7, 11) is 1.66. The van der Waals surface area contributed by atoms with Crippen LogP contribution in [-0.2, 0) is 6.42 Å². The molecule has 0 spiro atoms. The number of benzene rings is 1. The van der Waals surface area contributed by atoms with Gasteiger partial charge in [-0.3, -0.25) is 0 Å². The Morgan fingerprint density at radius 1 is 1.38 bits per heavy atom. The minimum Gasteiger partial charge on any atom is -0.497 e. The van der Waals surface area contributed by atoms with E-state index in [9.17, 15) is 4.79 Å². The zero-order chi connectivity index (χ0) is 17.5. The number of aromatic nitrogens is 1. The largest absolute Gasteiger partial charge is 0.497 e. The normalized spacial score (nSPS) is 11.8. The highest BCUT2D eigenvalue weighted by Gasteiger charge is 2.17. The molecule has 130 valence electrons. The molecule has 2 aromatic rings. The van der Waals surface area contributed by atoms with E-state index in [1.54, 1.807) is 7.11 Å². The van der Waals surface area contributed by atoms with Gasteiger partial charge < -0.3 is 19.9 Å². The van der Waals surface area contributed by atoms with Gasteiger partial charge in [-0.1, -0.05) is 17.3 Å². The van der Waals surface area contributed by atoms with E-state index in [2.05, 4.69) is 21.9 Å². The Kier molecular flexibility index (Phi) is 6.23. The second kappa shape index (κ2) is 8.38. The minimum atomic E-state index is -0.187.